The van der Waals surface area contributed by atoms with Gasteiger partial charge < -0.3 is 44.5 Å². The van der Waals surface area contributed by atoms with E-state index in [0.29, 0.717) is 62.2 Å². The number of methoxy groups -OCH3 is 2. The number of nitrogens with one attached hydrogen (secondary N) is 2. The van der Waals surface area contributed by atoms with Crippen molar-refractivity contribution in [1.82, 2.24) is 35.4 Å². The van der Waals surface area contributed by atoms with Crippen LogP contribution in [0, 0.1) is 35.5 Å². The minimum absolute atomic E-state index is 0.0449. The first-order chi connectivity index (χ1) is 36.8. The fourth-order valence-electron chi connectivity index (χ4n) is 10.9. The summed E-state index contributed by atoms with van der Waals surface area (Å²) in [7, 11) is 5.11. The summed E-state index contributed by atoms with van der Waals surface area (Å²) in [5.74, 6) is -2.12. The number of unbranched alkanes of at least 4 members (excludes halogenated alkanes) is 2. The first-order valence-electron chi connectivity index (χ1n) is 27.7. The van der Waals surface area contributed by atoms with Crippen LogP contribution in [-0.4, -0.2) is 129 Å². The van der Waals surface area contributed by atoms with Crippen LogP contribution in [0.25, 0.3) is 11.5 Å². The van der Waals surface area contributed by atoms with Crippen molar-refractivity contribution in [3.8, 4) is 23.2 Å². The molecule has 0 bridgehead atoms. The molecule has 1 fully saturated rings. The van der Waals surface area contributed by atoms with E-state index in [1.165, 1.54) is 12.1 Å². The Morgan fingerprint density at radius 3 is 2.08 bits per heavy atom. The SMILES string of the molecule is CCC(C)C(CC(C)CC(=O)C(NC(=O)C(C(C)C)N(C)CCCCCC(=O)On1c(O)ccc1O)C(C)C)C(CC(=O)N1CCCC1C(OC)C(C)C(=O)NC(Cc1ccccc1)c1nnc(-c2ccccc2)o1)OC. The number of nitrogens with zero attached hydrogens (tertiary/aromatic N) is 5. The number of carbonyl (C=O) groups excluding carboxylic acids is 5. The van der Waals surface area contributed by atoms with Crippen LogP contribution in [-0.2, 0) is 39.9 Å². The second-order valence-electron chi connectivity index (χ2n) is 21.9. The highest BCUT2D eigenvalue weighted by Gasteiger charge is 2.42. The minimum Gasteiger partial charge on any atom is -0.492 e. The largest absolute Gasteiger partial charge is 0.492 e. The summed E-state index contributed by atoms with van der Waals surface area (Å²) < 4.78 is 19.1. The molecular weight excluding hydrogens is 983 g/mol. The van der Waals surface area contributed by atoms with Gasteiger partial charge in [0.2, 0.25) is 41.3 Å². The number of ether oxygens (including phenoxy) is 2. The van der Waals surface area contributed by atoms with Gasteiger partial charge in [0.1, 0.15) is 6.04 Å². The zero-order valence-corrected chi connectivity index (χ0v) is 47.4. The van der Waals surface area contributed by atoms with E-state index in [9.17, 15) is 34.2 Å². The molecule has 18 nitrogen and oxygen atoms in total. The number of Topliss-reactive ketones (excluding diaryl/α,β-unsaturated/α-hetero) is 1. The van der Waals surface area contributed by atoms with Crippen molar-refractivity contribution in [2.45, 2.75) is 162 Å². The number of ketones is 1. The molecule has 10 atom stereocenters. The Labute approximate surface area is 455 Å². The molecule has 3 amide bonds. The molecule has 1 saturated heterocycles. The lowest BCUT2D eigenvalue weighted by molar-refractivity contribution is -0.145. The topological polar surface area (TPSA) is 228 Å². The maximum atomic E-state index is 14.5. The van der Waals surface area contributed by atoms with Crippen molar-refractivity contribution >= 4 is 29.5 Å². The van der Waals surface area contributed by atoms with Crippen LogP contribution in [0.15, 0.2) is 77.2 Å². The summed E-state index contributed by atoms with van der Waals surface area (Å²) in [6.45, 7) is 17.1. The number of amides is 3. The van der Waals surface area contributed by atoms with E-state index in [-0.39, 0.29) is 96.0 Å². The van der Waals surface area contributed by atoms with Crippen molar-refractivity contribution in [2.75, 3.05) is 34.4 Å². The highest BCUT2D eigenvalue weighted by atomic mass is 16.7. The van der Waals surface area contributed by atoms with E-state index >= 15 is 0 Å². The van der Waals surface area contributed by atoms with Crippen LogP contribution in [0.1, 0.15) is 137 Å². The van der Waals surface area contributed by atoms with Crippen molar-refractivity contribution in [3.63, 3.8) is 0 Å². The highest BCUT2D eigenvalue weighted by Crippen LogP contribution is 2.34. The average Bonchev–Trinajstić information content (AvgIpc) is 4.18. The lowest BCUT2D eigenvalue weighted by Gasteiger charge is -2.37. The lowest BCUT2D eigenvalue weighted by atomic mass is 9.77. The normalized spacial score (nSPS) is 17.3. The molecule has 77 heavy (non-hydrogen) atoms. The molecule has 4 aromatic rings. The van der Waals surface area contributed by atoms with Crippen molar-refractivity contribution in [3.05, 3.63) is 84.3 Å². The average molecular weight is 1070 g/mol. The molecule has 18 heteroatoms. The molecular formula is C59H87N7O11. The van der Waals surface area contributed by atoms with E-state index in [4.69, 9.17) is 18.7 Å². The van der Waals surface area contributed by atoms with Crippen LogP contribution >= 0.6 is 0 Å². The van der Waals surface area contributed by atoms with E-state index in [1.807, 2.05) is 112 Å². The van der Waals surface area contributed by atoms with Gasteiger partial charge in [0, 0.05) is 57.7 Å². The predicted octanol–water partition coefficient (Wildman–Crippen LogP) is 8.36. The van der Waals surface area contributed by atoms with Crippen molar-refractivity contribution in [2.24, 2.45) is 35.5 Å². The van der Waals surface area contributed by atoms with Gasteiger partial charge in [-0.3, -0.25) is 24.1 Å². The summed E-state index contributed by atoms with van der Waals surface area (Å²) in [6.07, 6.45) is 4.66. The smallest absolute Gasteiger partial charge is 0.333 e. The Morgan fingerprint density at radius 1 is 0.805 bits per heavy atom. The third-order valence-electron chi connectivity index (χ3n) is 15.4. The molecule has 0 spiro atoms. The van der Waals surface area contributed by atoms with Gasteiger partial charge in [0.05, 0.1) is 42.7 Å². The third-order valence-corrected chi connectivity index (χ3v) is 15.4. The van der Waals surface area contributed by atoms with Crippen LogP contribution < -0.4 is 15.5 Å². The number of hydrogen-bond donors (Lipinski definition) is 4. The fourth-order valence-corrected chi connectivity index (χ4v) is 10.9. The van der Waals surface area contributed by atoms with Crippen molar-refractivity contribution in [1.29, 1.82) is 0 Å². The van der Waals surface area contributed by atoms with Crippen LogP contribution in [0.2, 0.25) is 0 Å². The maximum absolute atomic E-state index is 14.5. The summed E-state index contributed by atoms with van der Waals surface area (Å²) in [5, 5.41) is 34.4. The summed E-state index contributed by atoms with van der Waals surface area (Å²) in [6, 6.07) is 19.5. The number of carbonyl (C=O) groups is 5. The van der Waals surface area contributed by atoms with Gasteiger partial charge in [-0.05, 0) is 93.0 Å². The number of likely N-dealkylation sites (tertiary alicyclic amines) is 1. The van der Waals surface area contributed by atoms with Crippen LogP contribution in [0.5, 0.6) is 11.8 Å². The molecule has 0 aliphatic carbocycles. The molecule has 1 aliphatic heterocycles. The molecule has 0 radical (unpaired) electrons. The second-order valence-corrected chi connectivity index (χ2v) is 21.9. The van der Waals surface area contributed by atoms with Gasteiger partial charge in [-0.25, -0.2) is 4.79 Å². The Hall–Kier alpha value is -6.11. The molecule has 3 heterocycles. The summed E-state index contributed by atoms with van der Waals surface area (Å²) in [4.78, 5) is 78.2. The first-order valence-corrected chi connectivity index (χ1v) is 27.7. The summed E-state index contributed by atoms with van der Waals surface area (Å²) in [5.41, 5.74) is 1.75. The molecule has 2 aromatic heterocycles. The number of aromatic nitrogens is 3. The standard InChI is InChI=1S/C59H87N7O11/c1-12-40(7)44(33-39(6)34-47(67)53(37(2)3)61-57(73)54(38(4)5)64(9)31-21-15-20-28-52(71)77-66-49(68)29-30-50(66)69)48(74-10)36-51(70)65-32-22-27-46(65)55(75-11)41(8)56(72)60-45(35-42-23-16-13-17-24-42)59-63-62-58(76-59)43-25-18-14-19-26-43/h13-14,16-19,23-26,29-30,37-41,44-46,48,53-55,68-69H,12,15,20-22,27-28,31-36H2,1-11H3,(H,60,72)(H,61,73). The molecule has 0 saturated carbocycles. The minimum atomic E-state index is -0.696. The Balaban J connectivity index is 1.17. The molecule has 10 unspecified atom stereocenters. The Morgan fingerprint density at radius 2 is 1.47 bits per heavy atom. The zero-order valence-electron chi connectivity index (χ0n) is 47.4. The summed E-state index contributed by atoms with van der Waals surface area (Å²) >= 11 is 0. The zero-order chi connectivity index (χ0) is 56.3. The number of rotatable bonds is 32. The second kappa shape index (κ2) is 30.1. The quantitative estimate of drug-likeness (QED) is 0.0337. The predicted molar refractivity (Wildman–Crippen MR) is 293 cm³/mol. The number of aromatic hydroxyl groups is 2. The number of likely N-dealkylation sites (N-methyl/N-ethyl adjacent to an activating group) is 1. The molecule has 4 N–H and O–H groups in total. The van der Waals surface area contributed by atoms with Gasteiger partial charge >= 0.3 is 5.97 Å². The Kier molecular flexibility index (Phi) is 24.2. The van der Waals surface area contributed by atoms with Gasteiger partial charge in [0.25, 0.3) is 0 Å². The molecule has 5 rings (SSSR count). The van der Waals surface area contributed by atoms with E-state index in [2.05, 4.69) is 41.6 Å². The van der Waals surface area contributed by atoms with Gasteiger partial charge in [-0.15, -0.1) is 14.9 Å². The fraction of sp³-hybridized carbons (Fsp3) is 0.610. The lowest BCUT2D eigenvalue weighted by Crippen LogP contribution is -2.54. The first kappa shape index (κ1) is 61.7. The van der Waals surface area contributed by atoms with Gasteiger partial charge in [-0.1, -0.05) is 117 Å². The highest BCUT2D eigenvalue weighted by molar-refractivity contribution is 5.91. The third kappa shape index (κ3) is 17.4. The van der Waals surface area contributed by atoms with E-state index < -0.39 is 42.2 Å². The van der Waals surface area contributed by atoms with Crippen LogP contribution in [0.4, 0.5) is 0 Å². The van der Waals surface area contributed by atoms with Crippen LogP contribution in [0.3, 0.4) is 0 Å². The number of benzene rings is 2. The molecule has 2 aromatic carbocycles. The van der Waals surface area contributed by atoms with E-state index in [0.717, 1.165) is 24.0 Å². The Bertz CT molecular complexity index is 2440. The van der Waals surface area contributed by atoms with Gasteiger partial charge in [0.15, 0.2) is 5.78 Å². The molecule has 424 valence electrons. The monoisotopic (exact) mass is 1070 g/mol. The number of hydrogen-bond acceptors (Lipinski definition) is 14. The van der Waals surface area contributed by atoms with Crippen molar-refractivity contribution < 1.29 is 52.9 Å². The van der Waals surface area contributed by atoms with Gasteiger partial charge in [-0.2, -0.15) is 0 Å². The maximum Gasteiger partial charge on any atom is 0.333 e. The van der Waals surface area contributed by atoms with E-state index in [1.54, 1.807) is 14.2 Å². The molecule has 1 aliphatic rings.